The predicted octanol–water partition coefficient (Wildman–Crippen LogP) is 0.374. The van der Waals surface area contributed by atoms with Crippen molar-refractivity contribution in [2.45, 2.75) is 31.3 Å². The molecule has 3 nitrogen and oxygen atoms in total. The van der Waals surface area contributed by atoms with Gasteiger partial charge in [0.2, 0.25) is 0 Å². The number of likely N-dealkylation sites (N-methyl/N-ethyl adjacent to an activating group) is 1. The van der Waals surface area contributed by atoms with Crippen molar-refractivity contribution in [3.05, 3.63) is 0 Å². The van der Waals surface area contributed by atoms with Crippen LogP contribution >= 0.6 is 0 Å². The second-order valence-electron chi connectivity index (χ2n) is 5.03. The third kappa shape index (κ3) is 2.69. The molecule has 0 amide bonds. The Kier molecular flexibility index (Phi) is 3.42. The average Bonchev–Trinajstić information content (AvgIpc) is 2.44. The molecule has 2 heterocycles. The van der Waals surface area contributed by atoms with Gasteiger partial charge < -0.3 is 15.1 Å². The van der Waals surface area contributed by atoms with Crippen LogP contribution in [0.25, 0.3) is 0 Å². The molecule has 0 spiro atoms. The second kappa shape index (κ2) is 4.60. The maximum absolute atomic E-state index is 3.72. The largest absolute Gasteiger partial charge is 0.310 e. The first-order valence-corrected chi connectivity index (χ1v) is 5.87. The summed E-state index contributed by atoms with van der Waals surface area (Å²) in [5.74, 6) is 0. The lowest BCUT2D eigenvalue weighted by molar-refractivity contribution is 0.230. The van der Waals surface area contributed by atoms with E-state index in [1.54, 1.807) is 0 Å². The van der Waals surface area contributed by atoms with Gasteiger partial charge in [-0.15, -0.1) is 0 Å². The molecule has 3 heteroatoms. The fraction of sp³-hybridized carbons (Fsp3) is 1.00. The van der Waals surface area contributed by atoms with Gasteiger partial charge in [0.15, 0.2) is 0 Å². The number of hydrogen-bond acceptors (Lipinski definition) is 3. The molecule has 2 rings (SSSR count). The highest BCUT2D eigenvalue weighted by Crippen LogP contribution is 2.19. The Balaban J connectivity index is 1.77. The zero-order valence-electron chi connectivity index (χ0n) is 9.50. The van der Waals surface area contributed by atoms with Crippen molar-refractivity contribution in [1.82, 2.24) is 15.1 Å². The molecule has 2 aliphatic heterocycles. The van der Waals surface area contributed by atoms with E-state index in [2.05, 4.69) is 29.2 Å². The first-order valence-electron chi connectivity index (χ1n) is 5.87. The fourth-order valence-electron chi connectivity index (χ4n) is 2.56. The van der Waals surface area contributed by atoms with Gasteiger partial charge in [0, 0.05) is 31.7 Å². The summed E-state index contributed by atoms with van der Waals surface area (Å²) in [5, 5.41) is 3.72. The van der Waals surface area contributed by atoms with E-state index in [0.717, 1.165) is 12.1 Å². The predicted molar refractivity (Wildman–Crippen MR) is 59.6 cm³/mol. The maximum Gasteiger partial charge on any atom is 0.0198 e. The standard InChI is InChI=1S/C11H23N3/c1-13(2)7-8-14-6-5-10-3-4-11(9-14)12-10/h10-12H,3-9H2,1-2H3. The lowest BCUT2D eigenvalue weighted by Crippen LogP contribution is -2.38. The molecule has 2 bridgehead atoms. The van der Waals surface area contributed by atoms with E-state index in [0.29, 0.717) is 0 Å². The van der Waals surface area contributed by atoms with Gasteiger partial charge in [-0.25, -0.2) is 0 Å². The lowest BCUT2D eigenvalue weighted by Gasteiger charge is -2.25. The summed E-state index contributed by atoms with van der Waals surface area (Å²) in [6, 6.07) is 1.61. The van der Waals surface area contributed by atoms with Crippen LogP contribution in [0, 0.1) is 0 Å². The molecule has 1 N–H and O–H groups in total. The van der Waals surface area contributed by atoms with Gasteiger partial charge in [0.1, 0.15) is 0 Å². The van der Waals surface area contributed by atoms with Crippen molar-refractivity contribution in [2.24, 2.45) is 0 Å². The smallest absolute Gasteiger partial charge is 0.0198 e. The number of fused-ring (bicyclic) bond motifs is 2. The van der Waals surface area contributed by atoms with Crippen molar-refractivity contribution < 1.29 is 0 Å². The number of likely N-dealkylation sites (tertiary alicyclic amines) is 1. The van der Waals surface area contributed by atoms with Crippen LogP contribution in [0.4, 0.5) is 0 Å². The molecule has 0 aromatic carbocycles. The zero-order valence-corrected chi connectivity index (χ0v) is 9.50. The third-order valence-electron chi connectivity index (χ3n) is 3.47. The Hall–Kier alpha value is -0.120. The zero-order chi connectivity index (χ0) is 9.97. The molecule has 2 saturated heterocycles. The summed E-state index contributed by atoms with van der Waals surface area (Å²) < 4.78 is 0. The van der Waals surface area contributed by atoms with Gasteiger partial charge in [-0.2, -0.15) is 0 Å². The summed E-state index contributed by atoms with van der Waals surface area (Å²) in [4.78, 5) is 4.90. The molecular formula is C11H23N3. The summed E-state index contributed by atoms with van der Waals surface area (Å²) in [6.07, 6.45) is 4.15. The van der Waals surface area contributed by atoms with Crippen molar-refractivity contribution in [2.75, 3.05) is 40.3 Å². The lowest BCUT2D eigenvalue weighted by atomic mass is 10.1. The molecule has 82 valence electrons. The Morgan fingerprint density at radius 1 is 1.21 bits per heavy atom. The molecule has 0 aromatic rings. The minimum atomic E-state index is 0.782. The molecular weight excluding hydrogens is 174 g/mol. The number of rotatable bonds is 3. The van der Waals surface area contributed by atoms with Crippen molar-refractivity contribution in [3.63, 3.8) is 0 Å². The monoisotopic (exact) mass is 197 g/mol. The summed E-state index contributed by atoms with van der Waals surface area (Å²) in [5.41, 5.74) is 0. The van der Waals surface area contributed by atoms with Crippen LogP contribution in [0.2, 0.25) is 0 Å². The minimum Gasteiger partial charge on any atom is -0.310 e. The summed E-state index contributed by atoms with van der Waals surface area (Å²) >= 11 is 0. The Labute approximate surface area is 87.4 Å². The SMILES string of the molecule is CN(C)CCN1CCC2CCC(C1)N2. The van der Waals surface area contributed by atoms with Gasteiger partial charge >= 0.3 is 0 Å². The molecule has 14 heavy (non-hydrogen) atoms. The van der Waals surface area contributed by atoms with E-state index in [4.69, 9.17) is 0 Å². The van der Waals surface area contributed by atoms with Crippen LogP contribution in [0.3, 0.4) is 0 Å². The van der Waals surface area contributed by atoms with Crippen LogP contribution in [-0.2, 0) is 0 Å². The molecule has 0 radical (unpaired) electrons. The molecule has 0 saturated carbocycles. The molecule has 0 aromatic heterocycles. The van der Waals surface area contributed by atoms with Crippen LogP contribution in [0.1, 0.15) is 19.3 Å². The molecule has 2 unspecified atom stereocenters. The topological polar surface area (TPSA) is 18.5 Å². The summed E-state index contributed by atoms with van der Waals surface area (Å²) in [7, 11) is 4.31. The van der Waals surface area contributed by atoms with Crippen molar-refractivity contribution >= 4 is 0 Å². The van der Waals surface area contributed by atoms with E-state index in [1.165, 1.54) is 45.4 Å². The van der Waals surface area contributed by atoms with Gasteiger partial charge in [-0.3, -0.25) is 0 Å². The fourth-order valence-corrected chi connectivity index (χ4v) is 2.56. The molecule has 0 aliphatic carbocycles. The Bertz CT molecular complexity index is 181. The quantitative estimate of drug-likeness (QED) is 0.705. The highest BCUT2D eigenvalue weighted by Gasteiger charge is 2.28. The van der Waals surface area contributed by atoms with Gasteiger partial charge in [0.05, 0.1) is 0 Å². The Morgan fingerprint density at radius 3 is 2.79 bits per heavy atom. The van der Waals surface area contributed by atoms with Crippen LogP contribution in [-0.4, -0.2) is 62.2 Å². The molecule has 2 atom stereocenters. The first kappa shape index (κ1) is 10.4. The molecule has 2 fully saturated rings. The van der Waals surface area contributed by atoms with Crippen LogP contribution in [0.15, 0.2) is 0 Å². The number of hydrogen-bond donors (Lipinski definition) is 1. The van der Waals surface area contributed by atoms with Crippen molar-refractivity contribution in [1.29, 1.82) is 0 Å². The van der Waals surface area contributed by atoms with E-state index < -0.39 is 0 Å². The van der Waals surface area contributed by atoms with E-state index >= 15 is 0 Å². The van der Waals surface area contributed by atoms with E-state index in [-0.39, 0.29) is 0 Å². The van der Waals surface area contributed by atoms with E-state index in [1.807, 2.05) is 0 Å². The molecule has 2 aliphatic rings. The Morgan fingerprint density at radius 2 is 2.00 bits per heavy atom. The average molecular weight is 197 g/mol. The van der Waals surface area contributed by atoms with Crippen LogP contribution in [0.5, 0.6) is 0 Å². The van der Waals surface area contributed by atoms with Gasteiger partial charge in [0.25, 0.3) is 0 Å². The van der Waals surface area contributed by atoms with Crippen molar-refractivity contribution in [3.8, 4) is 0 Å². The highest BCUT2D eigenvalue weighted by molar-refractivity contribution is 4.89. The number of nitrogens with one attached hydrogen (secondary N) is 1. The van der Waals surface area contributed by atoms with Crippen LogP contribution < -0.4 is 5.32 Å². The first-order chi connectivity index (χ1) is 6.74. The second-order valence-corrected chi connectivity index (χ2v) is 5.03. The van der Waals surface area contributed by atoms with Gasteiger partial charge in [-0.1, -0.05) is 0 Å². The highest BCUT2D eigenvalue weighted by atomic mass is 15.2. The van der Waals surface area contributed by atoms with E-state index in [9.17, 15) is 0 Å². The number of nitrogens with zero attached hydrogens (tertiary/aromatic N) is 2. The summed E-state index contributed by atoms with van der Waals surface area (Å²) in [6.45, 7) is 4.99. The van der Waals surface area contributed by atoms with Gasteiger partial charge in [-0.05, 0) is 39.9 Å². The normalized spacial score (nSPS) is 33.6. The maximum atomic E-state index is 3.72. The third-order valence-corrected chi connectivity index (χ3v) is 3.47. The minimum absolute atomic E-state index is 0.782.